The van der Waals surface area contributed by atoms with Crippen LogP contribution >= 0.6 is 0 Å². The summed E-state index contributed by atoms with van der Waals surface area (Å²) in [5.74, 6) is 0.408. The van der Waals surface area contributed by atoms with E-state index in [-0.39, 0.29) is 12.1 Å². The van der Waals surface area contributed by atoms with Gasteiger partial charge in [0.1, 0.15) is 0 Å². The molecule has 0 aromatic carbocycles. The van der Waals surface area contributed by atoms with Crippen LogP contribution < -0.4 is 8.61 Å². The maximum atomic E-state index is 14.2. The van der Waals surface area contributed by atoms with Gasteiger partial charge in [0.25, 0.3) is 0 Å². The molecular weight excluding hydrogens is 586 g/mol. The van der Waals surface area contributed by atoms with Crippen molar-refractivity contribution in [3.8, 4) is 0 Å². The second kappa shape index (κ2) is 13.7. The molecule has 0 aliphatic carbocycles. The van der Waals surface area contributed by atoms with Gasteiger partial charge in [-0.2, -0.15) is 0 Å². The van der Waals surface area contributed by atoms with E-state index >= 15 is 0 Å². The van der Waals surface area contributed by atoms with Crippen LogP contribution in [-0.2, 0) is 10.9 Å². The van der Waals surface area contributed by atoms with Gasteiger partial charge in [0, 0.05) is 0 Å². The number of unbranched alkanes of at least 4 members (excludes halogenated alkanes) is 3. The molecule has 0 saturated carbocycles. The number of amides is 1. The van der Waals surface area contributed by atoms with Gasteiger partial charge in [-0.1, -0.05) is 0 Å². The second-order valence-corrected chi connectivity index (χ2v) is 24.7. The van der Waals surface area contributed by atoms with Gasteiger partial charge in [-0.3, -0.25) is 0 Å². The molecule has 37 heavy (non-hydrogen) atoms. The zero-order valence-electron chi connectivity index (χ0n) is 24.0. The Bertz CT molecular complexity index is 851. The number of anilines is 1. The van der Waals surface area contributed by atoms with Crippen LogP contribution in [0.3, 0.4) is 0 Å². The van der Waals surface area contributed by atoms with Crippen molar-refractivity contribution in [3.05, 3.63) is 17.7 Å². The van der Waals surface area contributed by atoms with E-state index in [1.807, 2.05) is 32.6 Å². The second-order valence-electron chi connectivity index (χ2n) is 11.7. The Labute approximate surface area is 226 Å². The Morgan fingerprint density at radius 2 is 1.54 bits per heavy atom. The monoisotopic (exact) mass is 635 g/mol. The Morgan fingerprint density at radius 1 is 1.00 bits per heavy atom. The normalized spacial score (nSPS) is 17.3. The number of aromatic nitrogens is 1. The number of carbonyl (C=O) groups excluding carboxylic acids is 1. The van der Waals surface area contributed by atoms with E-state index in [4.69, 9.17) is 9.72 Å². The average Bonchev–Trinajstić information content (AvgIpc) is 2.81. The van der Waals surface area contributed by atoms with Gasteiger partial charge in [0.2, 0.25) is 0 Å². The summed E-state index contributed by atoms with van der Waals surface area (Å²) >= 11 is -3.20. The number of rotatable bonds is 11. The molecule has 1 fully saturated rings. The number of nitrogens with zero attached hydrogens (tertiary/aromatic N) is 3. The number of hydrogen-bond acceptors (Lipinski definition) is 4. The molecule has 1 aliphatic rings. The first-order chi connectivity index (χ1) is 17.3. The first-order valence-electron chi connectivity index (χ1n) is 14.1. The molecule has 2 rings (SSSR count). The number of halogens is 3. The molecular formula is C28H48F3N3O2Sn. The van der Waals surface area contributed by atoms with Crippen molar-refractivity contribution in [2.24, 2.45) is 0 Å². The van der Waals surface area contributed by atoms with Crippen LogP contribution in [0.2, 0.25) is 13.3 Å². The molecule has 1 aromatic heterocycles. The van der Waals surface area contributed by atoms with Gasteiger partial charge in [0.05, 0.1) is 0 Å². The topological polar surface area (TPSA) is 45.7 Å². The Hall–Kier alpha value is -1.19. The number of hydrogen-bond donors (Lipinski definition) is 0. The molecule has 5 nitrogen and oxygen atoms in total. The van der Waals surface area contributed by atoms with Gasteiger partial charge >= 0.3 is 227 Å². The SMILES string of the molecule is CCC[CH2][Sn]([CH2]CCC)([CH2]CCC)[c]1cc(C(F)(F)F)cc(N2CCN(C(=O)OC(C)(C)C)[C@@H](C)C2)n1. The third-order valence-corrected chi connectivity index (χ3v) is 22.3. The van der Waals surface area contributed by atoms with E-state index < -0.39 is 35.7 Å². The van der Waals surface area contributed by atoms with Gasteiger partial charge in [-0.15, -0.1) is 0 Å². The fraction of sp³-hybridized carbons (Fsp3) is 0.786. The minimum absolute atomic E-state index is 0.197. The van der Waals surface area contributed by atoms with Crippen molar-refractivity contribution in [1.29, 1.82) is 0 Å². The molecule has 1 saturated heterocycles. The van der Waals surface area contributed by atoms with Crippen molar-refractivity contribution in [2.45, 2.75) is 118 Å². The van der Waals surface area contributed by atoms with Crippen LogP contribution in [0.5, 0.6) is 0 Å². The first-order valence-corrected chi connectivity index (χ1v) is 21.6. The summed E-state index contributed by atoms with van der Waals surface area (Å²) in [4.78, 5) is 21.3. The van der Waals surface area contributed by atoms with Crippen molar-refractivity contribution in [3.63, 3.8) is 0 Å². The number of ether oxygens (including phenoxy) is 1. The molecule has 212 valence electrons. The maximum absolute atomic E-state index is 14.2. The first kappa shape index (κ1) is 32.0. The van der Waals surface area contributed by atoms with Crippen molar-refractivity contribution >= 4 is 34.0 Å². The number of piperazine rings is 1. The summed E-state index contributed by atoms with van der Waals surface area (Å²) in [5, 5.41) is 0. The molecule has 2 heterocycles. The fourth-order valence-electron chi connectivity index (χ4n) is 5.18. The van der Waals surface area contributed by atoms with Gasteiger partial charge < -0.3 is 0 Å². The van der Waals surface area contributed by atoms with Gasteiger partial charge in [0.15, 0.2) is 0 Å². The molecule has 0 radical (unpaired) electrons. The van der Waals surface area contributed by atoms with Crippen LogP contribution in [0.25, 0.3) is 0 Å². The Morgan fingerprint density at radius 3 is 1.97 bits per heavy atom. The van der Waals surface area contributed by atoms with Gasteiger partial charge in [-0.05, 0) is 0 Å². The van der Waals surface area contributed by atoms with Crippen LogP contribution in [0, 0.1) is 0 Å². The predicted octanol–water partition coefficient (Wildman–Crippen LogP) is 7.60. The Balaban J connectivity index is 2.48. The van der Waals surface area contributed by atoms with Crippen LogP contribution in [0.15, 0.2) is 12.1 Å². The minimum atomic E-state index is -4.42. The molecule has 9 heteroatoms. The number of pyridine rings is 1. The number of alkyl halides is 3. The third-order valence-electron chi connectivity index (χ3n) is 7.29. The molecule has 1 atom stereocenters. The summed E-state index contributed by atoms with van der Waals surface area (Å²) in [6.45, 7) is 15.1. The molecule has 0 unspecified atom stereocenters. The van der Waals surface area contributed by atoms with Crippen molar-refractivity contribution in [2.75, 3.05) is 24.5 Å². The van der Waals surface area contributed by atoms with Crippen molar-refractivity contribution < 1.29 is 22.7 Å². The zero-order chi connectivity index (χ0) is 27.9. The quantitative estimate of drug-likeness (QED) is 0.235. The van der Waals surface area contributed by atoms with Crippen LogP contribution in [0.1, 0.15) is 92.6 Å². The molecule has 1 aromatic rings. The third kappa shape index (κ3) is 9.20. The summed E-state index contributed by atoms with van der Waals surface area (Å²) < 4.78 is 52.0. The summed E-state index contributed by atoms with van der Waals surface area (Å²) in [7, 11) is 0. The molecule has 0 N–H and O–H groups in total. The van der Waals surface area contributed by atoms with Gasteiger partial charge in [-0.25, -0.2) is 0 Å². The predicted molar refractivity (Wildman–Crippen MR) is 148 cm³/mol. The summed E-state index contributed by atoms with van der Waals surface area (Å²) in [6, 6.07) is 2.42. The van der Waals surface area contributed by atoms with Crippen LogP contribution in [-0.4, -0.2) is 65.6 Å². The van der Waals surface area contributed by atoms with E-state index in [9.17, 15) is 18.0 Å². The van der Waals surface area contributed by atoms with E-state index in [1.54, 1.807) is 4.90 Å². The number of carbonyl (C=O) groups is 1. The molecule has 1 amide bonds. The fourth-order valence-corrected chi connectivity index (χ4v) is 20.7. The van der Waals surface area contributed by atoms with E-state index in [0.717, 1.165) is 55.5 Å². The van der Waals surface area contributed by atoms with Crippen LogP contribution in [0.4, 0.5) is 23.8 Å². The molecule has 1 aliphatic heterocycles. The Kier molecular flexibility index (Phi) is 11.9. The van der Waals surface area contributed by atoms with Crippen molar-refractivity contribution in [1.82, 2.24) is 9.88 Å². The van der Waals surface area contributed by atoms with E-state index in [0.29, 0.717) is 25.5 Å². The van der Waals surface area contributed by atoms with E-state index in [2.05, 4.69) is 20.8 Å². The summed E-state index contributed by atoms with van der Waals surface area (Å²) in [5.41, 5.74) is -1.18. The standard InChI is InChI=1S/C16H21F3N3O2.3C4H9.Sn/c1-11-10-21(7-8-22(11)14(23)24-15(2,3)4)13-9-12(5-6-20-13)16(17,18)19;3*1-3-4-2;/h5,9,11H,7-8,10H2,1-4H3;3*1,3-4H2,2H3;/t11-;;;;/m0..../s1. The van der Waals surface area contributed by atoms with E-state index in [1.165, 1.54) is 12.1 Å². The summed E-state index contributed by atoms with van der Waals surface area (Å²) in [6.07, 6.45) is 1.51. The molecule has 0 spiro atoms. The average molecular weight is 634 g/mol. The zero-order valence-corrected chi connectivity index (χ0v) is 26.9. The molecule has 0 bridgehead atoms.